The minimum atomic E-state index is -0.623. The first-order valence-corrected chi connectivity index (χ1v) is 16.3. The zero-order chi connectivity index (χ0) is 30.3. The fourth-order valence-corrected chi connectivity index (χ4v) is 9.13. The van der Waals surface area contributed by atoms with Crippen molar-refractivity contribution < 1.29 is 23.4 Å². The molecule has 230 valence electrons. The lowest BCUT2D eigenvalue weighted by atomic mass is 9.48. The van der Waals surface area contributed by atoms with Gasteiger partial charge in [0.25, 0.3) is 0 Å². The fraction of sp³-hybridized carbons (Fsp3) is 0.395. The van der Waals surface area contributed by atoms with E-state index in [2.05, 4.69) is 35.2 Å². The molecule has 45 heavy (non-hydrogen) atoms. The summed E-state index contributed by atoms with van der Waals surface area (Å²) in [4.78, 5) is 7.63. The molecule has 9 rings (SSSR count). The second-order valence-corrected chi connectivity index (χ2v) is 13.7. The predicted molar refractivity (Wildman–Crippen MR) is 166 cm³/mol. The molecule has 5 nitrogen and oxygen atoms in total. The Balaban J connectivity index is 1.19. The molecule has 4 atom stereocenters. The van der Waals surface area contributed by atoms with Crippen LogP contribution < -0.4 is 4.74 Å². The number of benzene rings is 3. The summed E-state index contributed by atoms with van der Waals surface area (Å²) in [6.45, 7) is 2.60. The maximum absolute atomic E-state index is 15.0. The predicted octanol–water partition coefficient (Wildman–Crippen LogP) is 7.09. The van der Waals surface area contributed by atoms with Crippen LogP contribution in [0.4, 0.5) is 8.78 Å². The molecular weight excluding hydrogens is 570 g/mol. The molecule has 0 radical (unpaired) electrons. The van der Waals surface area contributed by atoms with Gasteiger partial charge in [-0.3, -0.25) is 9.88 Å². The maximum Gasteiger partial charge on any atom is 0.166 e. The Labute approximate surface area is 261 Å². The number of piperidine rings is 1. The van der Waals surface area contributed by atoms with Crippen molar-refractivity contribution >= 4 is 0 Å². The normalized spacial score (nSPS) is 27.5. The van der Waals surface area contributed by atoms with Gasteiger partial charge in [0.1, 0.15) is 17.2 Å². The van der Waals surface area contributed by atoms with Crippen LogP contribution in [0, 0.1) is 17.6 Å². The molecule has 3 heterocycles. The Morgan fingerprint density at radius 3 is 2.71 bits per heavy atom. The number of aromatic hydroxyl groups is 1. The molecule has 1 saturated heterocycles. The standard InChI is InChI=1S/C38H36F2N2O3/c39-28-11-12-29(30(40)19-28)27-17-26-20-38(44-16-4-7-23-5-2-1-3-6-23)32-18-25-10-13-31(43)35-33(25)37(38,36(45-35)34(26)41-21-27)14-15-42(32)22-24-8-9-24/h1-3,5-6,10-13,17,19,21,24,32,36,43H,4,7-9,14-16,18,20,22H2/t32-,36+,37+,38-/m1/s1. The summed E-state index contributed by atoms with van der Waals surface area (Å²) < 4.78 is 43.0. The van der Waals surface area contributed by atoms with Gasteiger partial charge in [-0.2, -0.15) is 0 Å². The number of phenolic OH excluding ortho intramolecular Hbond substituents is 1. The summed E-state index contributed by atoms with van der Waals surface area (Å²) in [7, 11) is 0. The SMILES string of the molecule is Oc1ccc2c3c1O[C@H]1c4ncc(-c5ccc(F)cc5F)cc4C[C@@]4(OCCCc5ccccc5)[C@@H](C2)N(CC2CC2)CC[C@]314. The number of phenols is 1. The number of ether oxygens (including phenoxy) is 2. The lowest BCUT2D eigenvalue weighted by Crippen LogP contribution is -2.75. The van der Waals surface area contributed by atoms with Crippen molar-refractivity contribution in [2.24, 2.45) is 5.92 Å². The van der Waals surface area contributed by atoms with Crippen LogP contribution in [0.3, 0.4) is 0 Å². The van der Waals surface area contributed by atoms with E-state index in [1.165, 1.54) is 36.1 Å². The zero-order valence-electron chi connectivity index (χ0n) is 25.1. The number of likely N-dealkylation sites (tertiary alicyclic amines) is 1. The maximum atomic E-state index is 15.0. The zero-order valence-corrected chi connectivity index (χ0v) is 25.1. The lowest BCUT2D eigenvalue weighted by molar-refractivity contribution is -0.205. The van der Waals surface area contributed by atoms with Gasteiger partial charge in [-0.25, -0.2) is 8.78 Å². The van der Waals surface area contributed by atoms with Crippen molar-refractivity contribution in [2.75, 3.05) is 19.7 Å². The van der Waals surface area contributed by atoms with Crippen LogP contribution in [-0.4, -0.2) is 46.3 Å². The summed E-state index contributed by atoms with van der Waals surface area (Å²) in [5.41, 5.74) is 5.20. The molecule has 1 saturated carbocycles. The van der Waals surface area contributed by atoms with Gasteiger partial charge in [-0.05, 0) is 91.9 Å². The first-order valence-electron chi connectivity index (χ1n) is 16.3. The van der Waals surface area contributed by atoms with Crippen LogP contribution >= 0.6 is 0 Å². The van der Waals surface area contributed by atoms with Crippen LogP contribution in [0.2, 0.25) is 0 Å². The monoisotopic (exact) mass is 606 g/mol. The number of rotatable bonds is 8. The van der Waals surface area contributed by atoms with Crippen LogP contribution in [0.25, 0.3) is 11.1 Å². The Morgan fingerprint density at radius 1 is 1.02 bits per heavy atom. The molecule has 0 unspecified atom stereocenters. The highest BCUT2D eigenvalue weighted by molar-refractivity contribution is 5.68. The molecule has 0 amide bonds. The smallest absolute Gasteiger partial charge is 0.166 e. The second-order valence-electron chi connectivity index (χ2n) is 13.7. The average Bonchev–Trinajstić information content (AvgIpc) is 3.79. The number of pyridine rings is 1. The number of halogens is 2. The minimum absolute atomic E-state index is 0.122. The van der Waals surface area contributed by atoms with Gasteiger partial charge in [-0.1, -0.05) is 36.4 Å². The van der Waals surface area contributed by atoms with Crippen LogP contribution in [-0.2, 0) is 29.4 Å². The molecular formula is C38H36F2N2O3. The van der Waals surface area contributed by atoms with Crippen molar-refractivity contribution in [1.29, 1.82) is 0 Å². The van der Waals surface area contributed by atoms with E-state index in [9.17, 15) is 13.9 Å². The fourth-order valence-electron chi connectivity index (χ4n) is 9.13. The topological polar surface area (TPSA) is 54.8 Å². The van der Waals surface area contributed by atoms with Crippen molar-refractivity contribution in [2.45, 2.75) is 68.1 Å². The van der Waals surface area contributed by atoms with E-state index in [-0.39, 0.29) is 11.8 Å². The van der Waals surface area contributed by atoms with E-state index >= 15 is 0 Å². The number of fused-ring (bicyclic) bond motifs is 2. The minimum Gasteiger partial charge on any atom is -0.504 e. The third-order valence-corrected chi connectivity index (χ3v) is 11.2. The molecule has 1 spiro atoms. The van der Waals surface area contributed by atoms with Gasteiger partial charge < -0.3 is 14.6 Å². The van der Waals surface area contributed by atoms with Gasteiger partial charge in [0.15, 0.2) is 17.6 Å². The highest BCUT2D eigenvalue weighted by atomic mass is 19.1. The molecule has 7 heteroatoms. The number of nitrogens with zero attached hydrogens (tertiary/aromatic N) is 2. The van der Waals surface area contributed by atoms with Crippen LogP contribution in [0.15, 0.2) is 72.9 Å². The van der Waals surface area contributed by atoms with Gasteiger partial charge in [0.05, 0.1) is 11.1 Å². The molecule has 2 fully saturated rings. The molecule has 4 aromatic rings. The molecule has 5 aliphatic rings. The van der Waals surface area contributed by atoms with Crippen molar-refractivity contribution in [3.05, 3.63) is 113 Å². The first-order chi connectivity index (χ1) is 22.0. The van der Waals surface area contributed by atoms with Gasteiger partial charge >= 0.3 is 0 Å². The first kappa shape index (κ1) is 27.5. The molecule has 2 aliphatic heterocycles. The summed E-state index contributed by atoms with van der Waals surface area (Å²) >= 11 is 0. The summed E-state index contributed by atoms with van der Waals surface area (Å²) in [5.74, 6) is 0.228. The Kier molecular flexibility index (Phi) is 6.17. The highest BCUT2D eigenvalue weighted by Crippen LogP contribution is 2.69. The Bertz CT molecular complexity index is 1810. The summed E-state index contributed by atoms with van der Waals surface area (Å²) in [6, 6.07) is 20.2. The highest BCUT2D eigenvalue weighted by Gasteiger charge is 2.73. The third-order valence-electron chi connectivity index (χ3n) is 11.2. The van der Waals surface area contributed by atoms with Gasteiger partial charge in [-0.15, -0.1) is 0 Å². The number of aryl methyl sites for hydroxylation is 1. The van der Waals surface area contributed by atoms with E-state index in [1.54, 1.807) is 12.3 Å². The van der Waals surface area contributed by atoms with E-state index < -0.39 is 28.8 Å². The number of hydrogen-bond acceptors (Lipinski definition) is 5. The average molecular weight is 607 g/mol. The largest absolute Gasteiger partial charge is 0.504 e. The Morgan fingerprint density at radius 2 is 1.89 bits per heavy atom. The Hall–Kier alpha value is -3.81. The van der Waals surface area contributed by atoms with Gasteiger partial charge in [0.2, 0.25) is 0 Å². The number of aromatic nitrogens is 1. The summed E-state index contributed by atoms with van der Waals surface area (Å²) in [6.07, 6.45) is 7.88. The molecule has 1 aromatic heterocycles. The quantitative estimate of drug-likeness (QED) is 0.217. The lowest BCUT2D eigenvalue weighted by Gasteiger charge is -2.64. The van der Waals surface area contributed by atoms with E-state index in [4.69, 9.17) is 14.5 Å². The van der Waals surface area contributed by atoms with E-state index in [1.807, 2.05) is 12.1 Å². The van der Waals surface area contributed by atoms with Crippen molar-refractivity contribution in [3.8, 4) is 22.6 Å². The van der Waals surface area contributed by atoms with E-state index in [0.29, 0.717) is 29.9 Å². The van der Waals surface area contributed by atoms with E-state index in [0.717, 1.165) is 67.6 Å². The second kappa shape index (κ2) is 10.1. The van der Waals surface area contributed by atoms with Crippen LogP contribution in [0.5, 0.6) is 11.5 Å². The molecule has 1 N–H and O–H groups in total. The van der Waals surface area contributed by atoms with Crippen molar-refractivity contribution in [3.63, 3.8) is 0 Å². The molecule has 3 aliphatic carbocycles. The summed E-state index contributed by atoms with van der Waals surface area (Å²) in [5, 5.41) is 11.1. The number of hydrogen-bond donors (Lipinski definition) is 1. The van der Waals surface area contributed by atoms with Crippen LogP contribution in [0.1, 0.15) is 59.7 Å². The van der Waals surface area contributed by atoms with Crippen molar-refractivity contribution in [1.82, 2.24) is 9.88 Å². The van der Waals surface area contributed by atoms with Gasteiger partial charge in [0, 0.05) is 54.6 Å². The third kappa shape index (κ3) is 4.06. The molecule has 3 aromatic carbocycles. The molecule has 2 bridgehead atoms.